The standard InChI is InChI=1S/C20H25N3/c1(6-15-7-5-12-21-14-15)3-10-19-20-17(11-13-22-19)16-8-2-4-9-18(16)23-20/h2,4,6,8-9,14,19,22-23H,1,3,5,7,10-13H2/b15-6+. The van der Waals surface area contributed by atoms with E-state index >= 15 is 0 Å². The van der Waals surface area contributed by atoms with Gasteiger partial charge in [-0.1, -0.05) is 24.3 Å². The summed E-state index contributed by atoms with van der Waals surface area (Å²) >= 11 is 0. The van der Waals surface area contributed by atoms with Gasteiger partial charge in [0.25, 0.3) is 0 Å². The molecule has 0 fully saturated rings. The third-order valence-corrected chi connectivity index (χ3v) is 5.07. The number of allylic oxidation sites excluding steroid dienone is 2. The summed E-state index contributed by atoms with van der Waals surface area (Å²) in [4.78, 5) is 8.03. The Morgan fingerprint density at radius 3 is 3.09 bits per heavy atom. The van der Waals surface area contributed by atoms with Crippen molar-refractivity contribution in [3.05, 3.63) is 47.2 Å². The van der Waals surface area contributed by atoms with Gasteiger partial charge in [-0.25, -0.2) is 0 Å². The maximum absolute atomic E-state index is 4.37. The number of hydrogen-bond donors (Lipinski definition) is 2. The summed E-state index contributed by atoms with van der Waals surface area (Å²) in [5, 5.41) is 5.11. The molecule has 0 spiro atoms. The van der Waals surface area contributed by atoms with Gasteiger partial charge in [-0.15, -0.1) is 0 Å². The van der Waals surface area contributed by atoms with E-state index in [0.717, 1.165) is 25.9 Å². The molecule has 0 bridgehead atoms. The summed E-state index contributed by atoms with van der Waals surface area (Å²) in [6.45, 7) is 2.10. The minimum absolute atomic E-state index is 0.476. The van der Waals surface area contributed by atoms with Crippen LogP contribution in [-0.4, -0.2) is 24.3 Å². The Morgan fingerprint density at radius 1 is 1.22 bits per heavy atom. The zero-order chi connectivity index (χ0) is 15.5. The highest BCUT2D eigenvalue weighted by atomic mass is 15.0. The number of nitrogens with zero attached hydrogens (tertiary/aromatic N) is 1. The van der Waals surface area contributed by atoms with Crippen molar-refractivity contribution in [2.75, 3.05) is 13.1 Å². The minimum atomic E-state index is 0.476. The predicted octanol–water partition coefficient (Wildman–Crippen LogP) is 4.32. The average Bonchev–Trinajstić information content (AvgIpc) is 2.99. The van der Waals surface area contributed by atoms with E-state index in [-0.39, 0.29) is 0 Å². The van der Waals surface area contributed by atoms with Gasteiger partial charge in [0, 0.05) is 35.4 Å². The number of nitrogens with one attached hydrogen (secondary N) is 2. The van der Waals surface area contributed by atoms with Crippen LogP contribution in [0.5, 0.6) is 0 Å². The number of H-pyrrole nitrogens is 1. The highest BCUT2D eigenvalue weighted by Crippen LogP contribution is 2.32. The lowest BCUT2D eigenvalue weighted by molar-refractivity contribution is 0.457. The molecule has 2 aliphatic rings. The van der Waals surface area contributed by atoms with Gasteiger partial charge in [0.1, 0.15) is 0 Å². The maximum Gasteiger partial charge on any atom is 0.0476 e. The number of para-hydroxylation sites is 1. The van der Waals surface area contributed by atoms with Gasteiger partial charge in [0.15, 0.2) is 0 Å². The van der Waals surface area contributed by atoms with Gasteiger partial charge in [-0.3, -0.25) is 4.99 Å². The van der Waals surface area contributed by atoms with Gasteiger partial charge in [0.05, 0.1) is 0 Å². The monoisotopic (exact) mass is 307 g/mol. The van der Waals surface area contributed by atoms with Crippen molar-refractivity contribution < 1.29 is 0 Å². The number of fused-ring (bicyclic) bond motifs is 3. The molecule has 2 aliphatic heterocycles. The molecule has 3 heteroatoms. The lowest BCUT2D eigenvalue weighted by Gasteiger charge is -2.24. The highest BCUT2D eigenvalue weighted by Gasteiger charge is 2.22. The minimum Gasteiger partial charge on any atom is -0.357 e. The first-order valence-corrected chi connectivity index (χ1v) is 8.93. The fourth-order valence-electron chi connectivity index (χ4n) is 3.89. The van der Waals surface area contributed by atoms with E-state index in [0.29, 0.717) is 6.04 Å². The van der Waals surface area contributed by atoms with Crippen LogP contribution in [0.15, 0.2) is 40.9 Å². The Hall–Kier alpha value is -1.87. The number of aromatic amines is 1. The summed E-state index contributed by atoms with van der Waals surface area (Å²) < 4.78 is 0. The van der Waals surface area contributed by atoms with Crippen LogP contribution in [-0.2, 0) is 6.42 Å². The molecule has 3 heterocycles. The van der Waals surface area contributed by atoms with E-state index in [1.807, 2.05) is 0 Å². The highest BCUT2D eigenvalue weighted by molar-refractivity contribution is 5.85. The van der Waals surface area contributed by atoms with Crippen molar-refractivity contribution in [1.29, 1.82) is 0 Å². The molecule has 0 amide bonds. The van der Waals surface area contributed by atoms with Crippen molar-refractivity contribution in [3.63, 3.8) is 0 Å². The molecule has 1 atom stereocenters. The molecule has 120 valence electrons. The second kappa shape index (κ2) is 6.71. The van der Waals surface area contributed by atoms with Crippen LogP contribution in [0.1, 0.15) is 49.4 Å². The second-order valence-electron chi connectivity index (χ2n) is 6.67. The third-order valence-electron chi connectivity index (χ3n) is 5.07. The molecule has 1 aromatic heterocycles. The fourth-order valence-corrected chi connectivity index (χ4v) is 3.89. The molecule has 3 nitrogen and oxygen atoms in total. The molecule has 23 heavy (non-hydrogen) atoms. The van der Waals surface area contributed by atoms with Crippen LogP contribution in [0.3, 0.4) is 0 Å². The quantitative estimate of drug-likeness (QED) is 0.812. The van der Waals surface area contributed by atoms with Crippen LogP contribution >= 0.6 is 0 Å². The number of unbranched alkanes of at least 4 members (excludes halogenated alkanes) is 1. The summed E-state index contributed by atoms with van der Waals surface area (Å²) in [6.07, 6.45) is 11.6. The first-order valence-electron chi connectivity index (χ1n) is 8.93. The van der Waals surface area contributed by atoms with Gasteiger partial charge >= 0.3 is 0 Å². The first kappa shape index (κ1) is 14.7. The Balaban J connectivity index is 1.43. The van der Waals surface area contributed by atoms with Crippen molar-refractivity contribution in [3.8, 4) is 0 Å². The largest absolute Gasteiger partial charge is 0.357 e. The Labute approximate surface area is 137 Å². The summed E-state index contributed by atoms with van der Waals surface area (Å²) in [5.41, 5.74) is 5.66. The Morgan fingerprint density at radius 2 is 2.17 bits per heavy atom. The molecule has 0 aliphatic carbocycles. The molecule has 2 N–H and O–H groups in total. The number of aliphatic imine (C=N–C) groups is 1. The van der Waals surface area contributed by atoms with Crippen LogP contribution in [0, 0.1) is 0 Å². The third kappa shape index (κ3) is 3.11. The molecule has 1 unspecified atom stereocenters. The lowest BCUT2D eigenvalue weighted by atomic mass is 9.95. The summed E-state index contributed by atoms with van der Waals surface area (Å²) in [6, 6.07) is 9.18. The van der Waals surface area contributed by atoms with Gasteiger partial charge < -0.3 is 10.3 Å². The predicted molar refractivity (Wildman–Crippen MR) is 97.3 cm³/mol. The summed E-state index contributed by atoms with van der Waals surface area (Å²) in [7, 11) is 0. The number of rotatable bonds is 4. The second-order valence-corrected chi connectivity index (χ2v) is 6.67. The molecular formula is C20H25N3. The van der Waals surface area contributed by atoms with Crippen molar-refractivity contribution >= 4 is 17.1 Å². The van der Waals surface area contributed by atoms with Crippen LogP contribution < -0.4 is 5.32 Å². The molecular weight excluding hydrogens is 282 g/mol. The molecule has 2 aromatic rings. The Kier molecular flexibility index (Phi) is 4.29. The number of aromatic nitrogens is 1. The van der Waals surface area contributed by atoms with E-state index < -0.39 is 0 Å². The van der Waals surface area contributed by atoms with E-state index in [2.05, 4.69) is 51.8 Å². The molecule has 0 saturated carbocycles. The van der Waals surface area contributed by atoms with E-state index in [4.69, 9.17) is 0 Å². The molecule has 0 saturated heterocycles. The van der Waals surface area contributed by atoms with Crippen molar-refractivity contribution in [2.24, 2.45) is 4.99 Å². The average molecular weight is 307 g/mol. The topological polar surface area (TPSA) is 40.2 Å². The Bertz CT molecular complexity index is 738. The summed E-state index contributed by atoms with van der Waals surface area (Å²) in [5.74, 6) is 0. The van der Waals surface area contributed by atoms with Crippen molar-refractivity contribution in [1.82, 2.24) is 10.3 Å². The van der Waals surface area contributed by atoms with Crippen LogP contribution in [0.2, 0.25) is 0 Å². The maximum atomic E-state index is 4.37. The molecule has 4 rings (SSSR count). The van der Waals surface area contributed by atoms with E-state index in [1.54, 1.807) is 0 Å². The number of hydrogen-bond acceptors (Lipinski definition) is 2. The molecule has 0 radical (unpaired) electrons. The van der Waals surface area contributed by atoms with Crippen LogP contribution in [0.4, 0.5) is 0 Å². The first-order chi connectivity index (χ1) is 11.4. The molecule has 1 aromatic carbocycles. The zero-order valence-corrected chi connectivity index (χ0v) is 13.6. The van der Waals surface area contributed by atoms with E-state index in [9.17, 15) is 0 Å². The van der Waals surface area contributed by atoms with Gasteiger partial charge in [0.2, 0.25) is 0 Å². The van der Waals surface area contributed by atoms with Crippen LogP contribution in [0.25, 0.3) is 10.9 Å². The smallest absolute Gasteiger partial charge is 0.0476 e. The SMILES string of the molecule is C1=NCCC/C1=C\CCCC1NCCc2c1[nH]c1ccccc21. The van der Waals surface area contributed by atoms with Crippen molar-refractivity contribution in [2.45, 2.75) is 44.6 Å². The van der Waals surface area contributed by atoms with Gasteiger partial charge in [-0.05, 0) is 62.3 Å². The zero-order valence-electron chi connectivity index (χ0n) is 13.6. The lowest BCUT2D eigenvalue weighted by Crippen LogP contribution is -2.29. The fraction of sp³-hybridized carbons (Fsp3) is 0.450. The number of benzene rings is 1. The normalized spacial score (nSPS) is 22.6. The van der Waals surface area contributed by atoms with Gasteiger partial charge in [-0.2, -0.15) is 0 Å². The van der Waals surface area contributed by atoms with E-state index in [1.165, 1.54) is 53.4 Å².